The Kier molecular flexibility index (Phi) is 4.82. The van der Waals surface area contributed by atoms with E-state index in [9.17, 15) is 4.79 Å². The number of nitrogens with zero attached hydrogens (tertiary/aromatic N) is 5. The lowest BCUT2D eigenvalue weighted by molar-refractivity contribution is 0.0735. The third kappa shape index (κ3) is 3.67. The SMILES string of the molecule is COc1cccc(C2CCCN2C(=O)c2ccc(Cn3cnnn3)cc2)c1. The summed E-state index contributed by atoms with van der Waals surface area (Å²) in [6.45, 7) is 1.35. The number of hydrogen-bond donors (Lipinski definition) is 0. The first kappa shape index (κ1) is 17.2. The maximum atomic E-state index is 13.1. The number of hydrogen-bond acceptors (Lipinski definition) is 5. The van der Waals surface area contributed by atoms with Gasteiger partial charge in [0.05, 0.1) is 19.7 Å². The quantitative estimate of drug-likeness (QED) is 0.697. The fraction of sp³-hybridized carbons (Fsp3) is 0.300. The zero-order valence-corrected chi connectivity index (χ0v) is 15.2. The maximum absolute atomic E-state index is 13.1. The summed E-state index contributed by atoms with van der Waals surface area (Å²) >= 11 is 0. The Balaban J connectivity index is 1.50. The van der Waals surface area contributed by atoms with Gasteiger partial charge in [-0.05, 0) is 58.7 Å². The zero-order chi connectivity index (χ0) is 18.6. The lowest BCUT2D eigenvalue weighted by Crippen LogP contribution is -2.30. The fourth-order valence-electron chi connectivity index (χ4n) is 3.56. The van der Waals surface area contributed by atoms with Gasteiger partial charge in [-0.2, -0.15) is 0 Å². The molecule has 1 atom stereocenters. The van der Waals surface area contributed by atoms with E-state index in [0.29, 0.717) is 12.1 Å². The lowest BCUT2D eigenvalue weighted by Gasteiger charge is -2.25. The molecule has 7 heteroatoms. The number of tetrazole rings is 1. The van der Waals surface area contributed by atoms with Gasteiger partial charge in [-0.15, -0.1) is 5.10 Å². The summed E-state index contributed by atoms with van der Waals surface area (Å²) in [6, 6.07) is 15.7. The van der Waals surface area contributed by atoms with Crippen molar-refractivity contribution in [1.29, 1.82) is 0 Å². The first-order valence-electron chi connectivity index (χ1n) is 8.99. The Labute approximate surface area is 157 Å². The molecule has 2 heterocycles. The van der Waals surface area contributed by atoms with E-state index < -0.39 is 0 Å². The van der Waals surface area contributed by atoms with Crippen molar-refractivity contribution in [2.75, 3.05) is 13.7 Å². The summed E-state index contributed by atoms with van der Waals surface area (Å²) in [5.41, 5.74) is 2.87. The van der Waals surface area contributed by atoms with Crippen molar-refractivity contribution in [3.8, 4) is 5.75 Å². The van der Waals surface area contributed by atoms with Gasteiger partial charge < -0.3 is 9.64 Å². The third-order valence-electron chi connectivity index (χ3n) is 4.93. The zero-order valence-electron chi connectivity index (χ0n) is 15.2. The Morgan fingerprint density at radius 2 is 2.07 bits per heavy atom. The van der Waals surface area contributed by atoms with Gasteiger partial charge in [0.2, 0.25) is 0 Å². The largest absolute Gasteiger partial charge is 0.497 e. The molecule has 0 N–H and O–H groups in total. The first-order valence-corrected chi connectivity index (χ1v) is 8.99. The van der Waals surface area contributed by atoms with Crippen LogP contribution in [0.2, 0.25) is 0 Å². The van der Waals surface area contributed by atoms with Crippen LogP contribution in [0.1, 0.15) is 40.4 Å². The number of aromatic nitrogens is 4. The second-order valence-corrected chi connectivity index (χ2v) is 6.64. The van der Waals surface area contributed by atoms with Gasteiger partial charge in [0.15, 0.2) is 0 Å². The standard InChI is InChI=1S/C20H21N5O2/c1-27-18-5-2-4-17(12-18)19-6-3-11-25(19)20(26)16-9-7-15(8-10-16)13-24-14-21-22-23-24/h2,4-5,7-10,12,14,19H,3,6,11,13H2,1H3. The molecule has 1 amide bonds. The van der Waals surface area contributed by atoms with Gasteiger partial charge in [-0.3, -0.25) is 4.79 Å². The average Bonchev–Trinajstić information content (AvgIpc) is 3.40. The number of carbonyl (C=O) groups excluding carboxylic acids is 1. The molecule has 138 valence electrons. The number of rotatable bonds is 5. The summed E-state index contributed by atoms with van der Waals surface area (Å²) in [6.07, 6.45) is 3.54. The molecule has 1 aliphatic heterocycles. The highest BCUT2D eigenvalue weighted by molar-refractivity contribution is 5.94. The monoisotopic (exact) mass is 363 g/mol. The van der Waals surface area contributed by atoms with Crippen LogP contribution in [0.3, 0.4) is 0 Å². The van der Waals surface area contributed by atoms with Crippen LogP contribution in [0, 0.1) is 0 Å². The molecular weight excluding hydrogens is 342 g/mol. The van der Waals surface area contributed by atoms with Crippen molar-refractivity contribution in [3.63, 3.8) is 0 Å². The van der Waals surface area contributed by atoms with E-state index in [1.807, 2.05) is 47.4 Å². The molecule has 1 aliphatic rings. The van der Waals surface area contributed by atoms with Gasteiger partial charge in [0, 0.05) is 12.1 Å². The highest BCUT2D eigenvalue weighted by Crippen LogP contribution is 2.34. The van der Waals surface area contributed by atoms with Crippen LogP contribution in [0.4, 0.5) is 0 Å². The predicted octanol–water partition coefficient (Wildman–Crippen LogP) is 2.71. The highest BCUT2D eigenvalue weighted by atomic mass is 16.5. The van der Waals surface area contributed by atoms with E-state index in [4.69, 9.17) is 4.74 Å². The summed E-state index contributed by atoms with van der Waals surface area (Å²) in [5, 5.41) is 11.1. The van der Waals surface area contributed by atoms with Gasteiger partial charge in [0.25, 0.3) is 5.91 Å². The topological polar surface area (TPSA) is 73.1 Å². The van der Waals surface area contributed by atoms with Gasteiger partial charge in [-0.1, -0.05) is 24.3 Å². The van der Waals surface area contributed by atoms with Crippen LogP contribution >= 0.6 is 0 Å². The molecule has 0 bridgehead atoms. The minimum Gasteiger partial charge on any atom is -0.497 e. The van der Waals surface area contributed by atoms with Crippen LogP contribution in [0.25, 0.3) is 0 Å². The Hall–Kier alpha value is -3.22. The molecule has 0 radical (unpaired) electrons. The Morgan fingerprint density at radius 3 is 2.81 bits per heavy atom. The van der Waals surface area contributed by atoms with Gasteiger partial charge >= 0.3 is 0 Å². The number of methoxy groups -OCH3 is 1. The second kappa shape index (κ2) is 7.57. The molecule has 1 saturated heterocycles. The van der Waals surface area contributed by atoms with Gasteiger partial charge in [0.1, 0.15) is 12.1 Å². The molecule has 1 aromatic heterocycles. The molecule has 1 unspecified atom stereocenters. The summed E-state index contributed by atoms with van der Waals surface area (Å²) < 4.78 is 6.98. The Morgan fingerprint density at radius 1 is 1.22 bits per heavy atom. The van der Waals surface area contributed by atoms with E-state index in [-0.39, 0.29) is 11.9 Å². The Bertz CT molecular complexity index is 908. The van der Waals surface area contributed by atoms with Crippen molar-refractivity contribution in [1.82, 2.24) is 25.1 Å². The van der Waals surface area contributed by atoms with Crippen molar-refractivity contribution in [2.24, 2.45) is 0 Å². The molecule has 0 aliphatic carbocycles. The molecule has 3 aromatic rings. The number of amides is 1. The molecule has 0 spiro atoms. The summed E-state index contributed by atoms with van der Waals surface area (Å²) in [4.78, 5) is 15.0. The van der Waals surface area contributed by atoms with E-state index in [1.165, 1.54) is 0 Å². The average molecular weight is 363 g/mol. The lowest BCUT2D eigenvalue weighted by atomic mass is 10.0. The summed E-state index contributed by atoms with van der Waals surface area (Å²) in [5.74, 6) is 0.882. The normalized spacial score (nSPS) is 16.5. The number of benzene rings is 2. The molecule has 4 rings (SSSR count). The van der Waals surface area contributed by atoms with E-state index in [1.54, 1.807) is 18.1 Å². The minimum absolute atomic E-state index is 0.0642. The number of carbonyl (C=O) groups is 1. The van der Waals surface area contributed by atoms with Crippen LogP contribution in [-0.2, 0) is 6.54 Å². The number of ether oxygens (including phenoxy) is 1. The molecule has 1 fully saturated rings. The third-order valence-corrected chi connectivity index (χ3v) is 4.93. The minimum atomic E-state index is 0.0642. The second-order valence-electron chi connectivity index (χ2n) is 6.64. The van der Waals surface area contributed by atoms with E-state index in [2.05, 4.69) is 21.6 Å². The van der Waals surface area contributed by atoms with Crippen LogP contribution < -0.4 is 4.74 Å². The molecule has 2 aromatic carbocycles. The number of likely N-dealkylation sites (tertiary alicyclic amines) is 1. The smallest absolute Gasteiger partial charge is 0.254 e. The van der Waals surface area contributed by atoms with Crippen molar-refractivity contribution >= 4 is 5.91 Å². The molecule has 27 heavy (non-hydrogen) atoms. The van der Waals surface area contributed by atoms with Crippen LogP contribution in [0.5, 0.6) is 5.75 Å². The maximum Gasteiger partial charge on any atom is 0.254 e. The highest BCUT2D eigenvalue weighted by Gasteiger charge is 2.30. The van der Waals surface area contributed by atoms with E-state index in [0.717, 1.165) is 36.3 Å². The predicted molar refractivity (Wildman–Crippen MR) is 99.4 cm³/mol. The van der Waals surface area contributed by atoms with Crippen molar-refractivity contribution in [2.45, 2.75) is 25.4 Å². The molecule has 7 nitrogen and oxygen atoms in total. The van der Waals surface area contributed by atoms with Crippen molar-refractivity contribution < 1.29 is 9.53 Å². The fourth-order valence-corrected chi connectivity index (χ4v) is 3.56. The molecular formula is C20H21N5O2. The molecule has 0 saturated carbocycles. The first-order chi connectivity index (χ1) is 13.2. The van der Waals surface area contributed by atoms with Crippen LogP contribution in [-0.4, -0.2) is 44.7 Å². The van der Waals surface area contributed by atoms with Crippen LogP contribution in [0.15, 0.2) is 54.9 Å². The van der Waals surface area contributed by atoms with Crippen molar-refractivity contribution in [3.05, 3.63) is 71.5 Å². The van der Waals surface area contributed by atoms with E-state index >= 15 is 0 Å². The van der Waals surface area contributed by atoms with Gasteiger partial charge in [-0.25, -0.2) is 4.68 Å². The summed E-state index contributed by atoms with van der Waals surface area (Å²) in [7, 11) is 1.66.